The zero-order valence-electron chi connectivity index (χ0n) is 13.3. The largest absolute Gasteiger partial charge is 0.480 e. The molecule has 0 N–H and O–H groups in total. The van der Waals surface area contributed by atoms with Gasteiger partial charge in [-0.2, -0.15) is 4.98 Å². The number of fused-ring (bicyclic) bond motifs is 1. The van der Waals surface area contributed by atoms with Crippen molar-refractivity contribution in [3.05, 3.63) is 35.7 Å². The van der Waals surface area contributed by atoms with Gasteiger partial charge in [0.25, 0.3) is 0 Å². The van der Waals surface area contributed by atoms with Gasteiger partial charge in [-0.15, -0.1) is 0 Å². The summed E-state index contributed by atoms with van der Waals surface area (Å²) in [7, 11) is 1.60. The second-order valence-corrected chi connectivity index (χ2v) is 5.80. The van der Waals surface area contributed by atoms with Crippen LogP contribution in [0.3, 0.4) is 0 Å². The van der Waals surface area contributed by atoms with Gasteiger partial charge in [0.05, 0.1) is 18.2 Å². The van der Waals surface area contributed by atoms with E-state index >= 15 is 0 Å². The third-order valence-electron chi connectivity index (χ3n) is 3.50. The Bertz CT molecular complexity index is 809. The van der Waals surface area contributed by atoms with Gasteiger partial charge in [0, 0.05) is 11.8 Å². The molecule has 0 amide bonds. The predicted octanol–water partition coefficient (Wildman–Crippen LogP) is 3.80. The van der Waals surface area contributed by atoms with Crippen molar-refractivity contribution >= 4 is 10.9 Å². The van der Waals surface area contributed by atoms with Crippen LogP contribution in [0.5, 0.6) is 5.88 Å². The summed E-state index contributed by atoms with van der Waals surface area (Å²) in [6.45, 7) is 6.26. The molecular formula is C17H19N3O2. The molecule has 2 aromatic heterocycles. The molecule has 5 heteroatoms. The summed E-state index contributed by atoms with van der Waals surface area (Å²) in [5.74, 6) is 2.13. The van der Waals surface area contributed by atoms with Crippen LogP contribution in [0.15, 0.2) is 28.8 Å². The molecule has 0 aliphatic heterocycles. The van der Waals surface area contributed by atoms with E-state index in [1.165, 1.54) is 0 Å². The maximum absolute atomic E-state index is 5.42. The number of pyridine rings is 1. The average Bonchev–Trinajstić information content (AvgIpc) is 2.94. The number of methoxy groups -OCH3 is 1. The van der Waals surface area contributed by atoms with E-state index in [1.807, 2.05) is 31.2 Å². The molecule has 0 radical (unpaired) electrons. The Morgan fingerprint density at radius 3 is 2.77 bits per heavy atom. The number of aryl methyl sites for hydroxylation is 1. The van der Waals surface area contributed by atoms with Crippen LogP contribution in [0.4, 0.5) is 0 Å². The number of ether oxygens (including phenoxy) is 1. The van der Waals surface area contributed by atoms with Gasteiger partial charge in [-0.3, -0.25) is 0 Å². The Morgan fingerprint density at radius 2 is 2.05 bits per heavy atom. The number of para-hydroxylation sites is 1. The van der Waals surface area contributed by atoms with Crippen molar-refractivity contribution in [3.8, 4) is 17.3 Å². The Kier molecular flexibility index (Phi) is 3.79. The van der Waals surface area contributed by atoms with Crippen molar-refractivity contribution < 1.29 is 9.26 Å². The van der Waals surface area contributed by atoms with Crippen molar-refractivity contribution in [2.45, 2.75) is 27.2 Å². The molecule has 0 atom stereocenters. The van der Waals surface area contributed by atoms with Gasteiger partial charge >= 0.3 is 0 Å². The number of nitrogens with zero attached hydrogens (tertiary/aromatic N) is 3. The van der Waals surface area contributed by atoms with Crippen molar-refractivity contribution in [3.63, 3.8) is 0 Å². The molecular weight excluding hydrogens is 278 g/mol. The molecule has 0 unspecified atom stereocenters. The maximum atomic E-state index is 5.42. The van der Waals surface area contributed by atoms with Crippen LogP contribution in [0.2, 0.25) is 0 Å². The summed E-state index contributed by atoms with van der Waals surface area (Å²) < 4.78 is 10.7. The van der Waals surface area contributed by atoms with Crippen LogP contribution in [-0.4, -0.2) is 22.2 Å². The van der Waals surface area contributed by atoms with Gasteiger partial charge < -0.3 is 9.26 Å². The minimum atomic E-state index is 0.465. The zero-order chi connectivity index (χ0) is 15.7. The van der Waals surface area contributed by atoms with Gasteiger partial charge in [0.15, 0.2) is 0 Å². The number of hydrogen-bond donors (Lipinski definition) is 0. The highest BCUT2D eigenvalue weighted by molar-refractivity contribution is 5.87. The lowest BCUT2D eigenvalue weighted by Gasteiger charge is -2.08. The first-order valence-corrected chi connectivity index (χ1v) is 7.35. The lowest BCUT2D eigenvalue weighted by atomic mass is 10.1. The Balaban J connectivity index is 2.11. The number of rotatable bonds is 4. The maximum Gasteiger partial charge on any atom is 0.227 e. The van der Waals surface area contributed by atoms with Crippen LogP contribution in [0.25, 0.3) is 22.3 Å². The molecule has 3 aromatic rings. The van der Waals surface area contributed by atoms with Crippen LogP contribution < -0.4 is 4.74 Å². The average molecular weight is 297 g/mol. The number of hydrogen-bond acceptors (Lipinski definition) is 5. The predicted molar refractivity (Wildman–Crippen MR) is 84.9 cm³/mol. The molecule has 0 saturated heterocycles. The fourth-order valence-electron chi connectivity index (χ4n) is 2.44. The van der Waals surface area contributed by atoms with Crippen LogP contribution in [-0.2, 0) is 6.42 Å². The minimum absolute atomic E-state index is 0.465. The Hall–Kier alpha value is -2.43. The van der Waals surface area contributed by atoms with Crippen molar-refractivity contribution in [2.75, 3.05) is 7.11 Å². The second-order valence-electron chi connectivity index (χ2n) is 5.80. The minimum Gasteiger partial charge on any atom is -0.480 e. The summed E-state index contributed by atoms with van der Waals surface area (Å²) in [6.07, 6.45) is 0.759. The van der Waals surface area contributed by atoms with E-state index in [-0.39, 0.29) is 0 Å². The summed E-state index contributed by atoms with van der Waals surface area (Å²) in [4.78, 5) is 9.06. The summed E-state index contributed by atoms with van der Waals surface area (Å²) >= 11 is 0. The van der Waals surface area contributed by atoms with Crippen molar-refractivity contribution in [2.24, 2.45) is 5.92 Å². The second kappa shape index (κ2) is 5.75. The molecule has 0 aliphatic carbocycles. The highest BCUT2D eigenvalue weighted by Crippen LogP contribution is 2.31. The first-order chi connectivity index (χ1) is 10.6. The van der Waals surface area contributed by atoms with Crippen LogP contribution in [0.1, 0.15) is 25.3 Å². The van der Waals surface area contributed by atoms with E-state index < -0.39 is 0 Å². The van der Waals surface area contributed by atoms with Crippen molar-refractivity contribution in [1.82, 2.24) is 15.1 Å². The van der Waals surface area contributed by atoms with E-state index in [4.69, 9.17) is 9.26 Å². The normalized spacial score (nSPS) is 11.3. The van der Waals surface area contributed by atoms with E-state index in [1.54, 1.807) is 7.11 Å². The molecule has 5 nitrogen and oxygen atoms in total. The molecule has 0 bridgehead atoms. The Morgan fingerprint density at radius 1 is 1.23 bits per heavy atom. The van der Waals surface area contributed by atoms with E-state index in [0.717, 1.165) is 28.5 Å². The fourth-order valence-corrected chi connectivity index (χ4v) is 2.44. The third-order valence-corrected chi connectivity index (χ3v) is 3.50. The van der Waals surface area contributed by atoms with E-state index in [9.17, 15) is 0 Å². The standard InChI is InChI=1S/C17H19N3O2/c1-10(2)8-14-18-16(20-22-14)13-9-12-7-5-6-11(3)15(12)19-17(13)21-4/h5-7,9-10H,8H2,1-4H3. The molecule has 114 valence electrons. The summed E-state index contributed by atoms with van der Waals surface area (Å²) in [5, 5.41) is 5.10. The van der Waals surface area contributed by atoms with Gasteiger partial charge in [0.1, 0.15) is 0 Å². The van der Waals surface area contributed by atoms with Crippen molar-refractivity contribution in [1.29, 1.82) is 0 Å². The monoisotopic (exact) mass is 297 g/mol. The highest BCUT2D eigenvalue weighted by atomic mass is 16.5. The third kappa shape index (κ3) is 2.66. The first-order valence-electron chi connectivity index (χ1n) is 7.35. The SMILES string of the molecule is COc1nc2c(C)cccc2cc1-c1noc(CC(C)C)n1. The molecule has 0 spiro atoms. The Labute approximate surface area is 129 Å². The molecule has 1 aromatic carbocycles. The summed E-state index contributed by atoms with van der Waals surface area (Å²) in [6, 6.07) is 8.06. The topological polar surface area (TPSA) is 61.0 Å². The van der Waals surface area contributed by atoms with Crippen LogP contribution in [0, 0.1) is 12.8 Å². The lowest BCUT2D eigenvalue weighted by Crippen LogP contribution is -1.96. The van der Waals surface area contributed by atoms with Gasteiger partial charge in [0.2, 0.25) is 17.6 Å². The summed E-state index contributed by atoms with van der Waals surface area (Å²) in [5.41, 5.74) is 2.78. The molecule has 0 fully saturated rings. The van der Waals surface area contributed by atoms with E-state index in [0.29, 0.717) is 23.5 Å². The highest BCUT2D eigenvalue weighted by Gasteiger charge is 2.17. The molecule has 3 rings (SSSR count). The first kappa shape index (κ1) is 14.5. The van der Waals surface area contributed by atoms with Crippen LogP contribution >= 0.6 is 0 Å². The quantitative estimate of drug-likeness (QED) is 0.733. The smallest absolute Gasteiger partial charge is 0.227 e. The number of benzene rings is 1. The lowest BCUT2D eigenvalue weighted by molar-refractivity contribution is 0.362. The fraction of sp³-hybridized carbons (Fsp3) is 0.353. The van der Waals surface area contributed by atoms with Gasteiger partial charge in [-0.1, -0.05) is 37.2 Å². The molecule has 0 saturated carbocycles. The molecule has 0 aliphatic rings. The number of aromatic nitrogens is 3. The van der Waals surface area contributed by atoms with E-state index in [2.05, 4.69) is 29.0 Å². The molecule has 22 heavy (non-hydrogen) atoms. The van der Waals surface area contributed by atoms with Gasteiger partial charge in [-0.25, -0.2) is 4.98 Å². The zero-order valence-corrected chi connectivity index (χ0v) is 13.3. The van der Waals surface area contributed by atoms with Gasteiger partial charge in [-0.05, 0) is 24.5 Å². The molecule has 2 heterocycles.